The van der Waals surface area contributed by atoms with Crippen molar-refractivity contribution in [3.05, 3.63) is 101 Å². The summed E-state index contributed by atoms with van der Waals surface area (Å²) >= 11 is 0. The highest BCUT2D eigenvalue weighted by Gasteiger charge is 2.27. The zero-order valence-electron chi connectivity index (χ0n) is 15.1. The quantitative estimate of drug-likeness (QED) is 0.402. The van der Waals surface area contributed by atoms with Gasteiger partial charge in [0, 0.05) is 16.3 Å². The van der Waals surface area contributed by atoms with E-state index in [1.54, 1.807) is 0 Å². The Labute approximate surface area is 161 Å². The van der Waals surface area contributed by atoms with Crippen LogP contribution in [0.3, 0.4) is 0 Å². The number of hydrogen-bond donors (Lipinski definition) is 0. The van der Waals surface area contributed by atoms with Gasteiger partial charge in [0.05, 0.1) is 23.4 Å². The van der Waals surface area contributed by atoms with Crippen LogP contribution in [0.5, 0.6) is 0 Å². The van der Waals surface area contributed by atoms with E-state index in [1.165, 1.54) is 5.56 Å². The third-order valence-electron chi connectivity index (χ3n) is 5.63. The van der Waals surface area contributed by atoms with E-state index in [9.17, 15) is 4.79 Å². The first-order valence-electron chi connectivity index (χ1n) is 9.41. The number of fused-ring (bicyclic) bond motifs is 5. The molecule has 0 radical (unpaired) electrons. The van der Waals surface area contributed by atoms with E-state index < -0.39 is 0 Å². The molecule has 0 bridgehead atoms. The Bertz CT molecular complexity index is 1450. The van der Waals surface area contributed by atoms with Gasteiger partial charge in [-0.25, -0.2) is 4.98 Å². The molecule has 3 heteroatoms. The van der Waals surface area contributed by atoms with Crippen LogP contribution < -0.4 is 5.56 Å². The molecule has 0 amide bonds. The molecule has 3 heterocycles. The molecule has 28 heavy (non-hydrogen) atoms. The van der Waals surface area contributed by atoms with Gasteiger partial charge in [-0.2, -0.15) is 0 Å². The lowest BCUT2D eigenvalue weighted by Crippen LogP contribution is -2.18. The highest BCUT2D eigenvalue weighted by atomic mass is 16.1. The van der Waals surface area contributed by atoms with Crippen molar-refractivity contribution in [3.8, 4) is 22.5 Å². The van der Waals surface area contributed by atoms with Gasteiger partial charge in [0.15, 0.2) is 0 Å². The lowest BCUT2D eigenvalue weighted by Gasteiger charge is -2.12. The van der Waals surface area contributed by atoms with E-state index in [2.05, 4.69) is 36.4 Å². The Kier molecular flexibility index (Phi) is 3.09. The van der Waals surface area contributed by atoms with Crippen LogP contribution in [0.1, 0.15) is 5.56 Å². The van der Waals surface area contributed by atoms with Gasteiger partial charge in [0.1, 0.15) is 0 Å². The molecule has 3 nitrogen and oxygen atoms in total. The van der Waals surface area contributed by atoms with Crippen LogP contribution >= 0.6 is 0 Å². The van der Waals surface area contributed by atoms with E-state index >= 15 is 0 Å². The highest BCUT2D eigenvalue weighted by molar-refractivity contribution is 6.00. The predicted molar refractivity (Wildman–Crippen MR) is 113 cm³/mol. The number of para-hydroxylation sites is 1. The van der Waals surface area contributed by atoms with Crippen molar-refractivity contribution < 1.29 is 0 Å². The van der Waals surface area contributed by atoms with Gasteiger partial charge >= 0.3 is 0 Å². The fraction of sp³-hybridized carbons (Fsp3) is 0.0400. The molecule has 5 aromatic rings. The van der Waals surface area contributed by atoms with Gasteiger partial charge in [-0.3, -0.25) is 4.79 Å². The molecule has 0 unspecified atom stereocenters. The van der Waals surface area contributed by atoms with Crippen molar-refractivity contribution in [2.24, 2.45) is 0 Å². The number of benzene rings is 3. The summed E-state index contributed by atoms with van der Waals surface area (Å²) in [6.07, 6.45) is 0. The van der Waals surface area contributed by atoms with Gasteiger partial charge in [0.2, 0.25) is 0 Å². The fourth-order valence-electron chi connectivity index (χ4n) is 4.36. The molecule has 0 fully saturated rings. The second kappa shape index (κ2) is 5.64. The monoisotopic (exact) mass is 360 g/mol. The summed E-state index contributed by atoms with van der Waals surface area (Å²) in [5.74, 6) is 0. The van der Waals surface area contributed by atoms with Crippen LogP contribution in [-0.4, -0.2) is 9.55 Å². The molecule has 0 atom stereocenters. The average Bonchev–Trinajstić information content (AvgIpc) is 3.11. The van der Waals surface area contributed by atoms with Crippen molar-refractivity contribution in [2.75, 3.05) is 0 Å². The second-order valence-electron chi connectivity index (χ2n) is 7.21. The summed E-state index contributed by atoms with van der Waals surface area (Å²) in [6.45, 7) is 0.552. The van der Waals surface area contributed by atoms with Gasteiger partial charge in [0.25, 0.3) is 5.56 Å². The minimum atomic E-state index is 0.0502. The van der Waals surface area contributed by atoms with Crippen LogP contribution in [0.2, 0.25) is 0 Å². The second-order valence-corrected chi connectivity index (χ2v) is 7.21. The minimum absolute atomic E-state index is 0.0502. The van der Waals surface area contributed by atoms with Gasteiger partial charge in [-0.1, -0.05) is 66.7 Å². The molecule has 6 rings (SSSR count). The maximum atomic E-state index is 13.2. The van der Waals surface area contributed by atoms with E-state index in [4.69, 9.17) is 4.98 Å². The van der Waals surface area contributed by atoms with Gasteiger partial charge in [-0.15, -0.1) is 0 Å². The van der Waals surface area contributed by atoms with Crippen LogP contribution in [-0.2, 0) is 6.54 Å². The zero-order chi connectivity index (χ0) is 18.7. The van der Waals surface area contributed by atoms with Crippen molar-refractivity contribution in [2.45, 2.75) is 6.54 Å². The SMILES string of the molecule is O=c1c2ccccc2cc2n1Cc1c-2nc2ccccc2c1-c1ccccc1. The number of nitrogens with zero attached hydrogens (tertiary/aromatic N) is 2. The molecule has 0 N–H and O–H groups in total. The molecule has 132 valence electrons. The van der Waals surface area contributed by atoms with Crippen molar-refractivity contribution in [1.82, 2.24) is 9.55 Å². The highest BCUT2D eigenvalue weighted by Crippen LogP contribution is 2.41. The largest absolute Gasteiger partial charge is 0.302 e. The van der Waals surface area contributed by atoms with E-state index in [-0.39, 0.29) is 5.56 Å². The molecule has 1 aliphatic rings. The summed E-state index contributed by atoms with van der Waals surface area (Å²) in [5.41, 5.74) is 6.28. The topological polar surface area (TPSA) is 34.9 Å². The van der Waals surface area contributed by atoms with Gasteiger partial charge in [-0.05, 0) is 34.7 Å². The fourth-order valence-corrected chi connectivity index (χ4v) is 4.36. The number of aromatic nitrogens is 2. The summed E-state index contributed by atoms with van der Waals surface area (Å²) in [7, 11) is 0. The molecule has 0 spiro atoms. The first kappa shape index (κ1) is 15.3. The van der Waals surface area contributed by atoms with Crippen LogP contribution in [0, 0.1) is 0 Å². The van der Waals surface area contributed by atoms with E-state index in [0.717, 1.165) is 44.2 Å². The van der Waals surface area contributed by atoms with E-state index in [0.29, 0.717) is 6.54 Å². The van der Waals surface area contributed by atoms with Crippen LogP contribution in [0.15, 0.2) is 89.7 Å². The van der Waals surface area contributed by atoms with Crippen LogP contribution in [0.4, 0.5) is 0 Å². The molecule has 1 aliphatic heterocycles. The van der Waals surface area contributed by atoms with Crippen molar-refractivity contribution >= 4 is 21.7 Å². The normalized spacial score (nSPS) is 12.3. The summed E-state index contributed by atoms with van der Waals surface area (Å²) in [5, 5.41) is 2.84. The Balaban J connectivity index is 1.76. The van der Waals surface area contributed by atoms with Crippen LogP contribution in [0.25, 0.3) is 44.2 Å². The Hall–Kier alpha value is -3.72. The minimum Gasteiger partial charge on any atom is -0.302 e. The van der Waals surface area contributed by atoms with Crippen molar-refractivity contribution in [3.63, 3.8) is 0 Å². The Morgan fingerprint density at radius 1 is 0.786 bits per heavy atom. The molecule has 0 saturated carbocycles. The molecular weight excluding hydrogens is 344 g/mol. The summed E-state index contributed by atoms with van der Waals surface area (Å²) < 4.78 is 1.87. The standard InChI is InChI=1S/C25H16N2O/c28-25-18-11-5-4-10-17(18)14-22-24-20(15-27(22)25)23(16-8-2-1-3-9-16)19-12-6-7-13-21(19)26-24/h1-14H,15H2. The first-order chi connectivity index (χ1) is 13.8. The molecule has 2 aromatic heterocycles. The van der Waals surface area contributed by atoms with E-state index in [1.807, 2.05) is 53.1 Å². The lowest BCUT2D eigenvalue weighted by atomic mass is 9.94. The van der Waals surface area contributed by atoms with Gasteiger partial charge < -0.3 is 4.57 Å². The maximum absolute atomic E-state index is 13.2. The predicted octanol–water partition coefficient (Wildman–Crippen LogP) is 5.25. The zero-order valence-corrected chi connectivity index (χ0v) is 15.1. The number of hydrogen-bond acceptors (Lipinski definition) is 2. The molecule has 3 aromatic carbocycles. The first-order valence-corrected chi connectivity index (χ1v) is 9.41. The maximum Gasteiger partial charge on any atom is 0.259 e. The summed E-state index contributed by atoms with van der Waals surface area (Å²) in [4.78, 5) is 18.1. The third-order valence-corrected chi connectivity index (χ3v) is 5.63. The lowest BCUT2D eigenvalue weighted by molar-refractivity contribution is 0.814. The molecular formula is C25H16N2O. The third kappa shape index (κ3) is 2.04. The van der Waals surface area contributed by atoms with Crippen molar-refractivity contribution in [1.29, 1.82) is 0 Å². The molecule has 0 aliphatic carbocycles. The average molecular weight is 360 g/mol. The number of pyridine rings is 2. The summed E-state index contributed by atoms with van der Waals surface area (Å²) in [6, 6.07) is 28.5. The Morgan fingerprint density at radius 2 is 1.50 bits per heavy atom. The molecule has 0 saturated heterocycles. The Morgan fingerprint density at radius 3 is 2.36 bits per heavy atom. The smallest absolute Gasteiger partial charge is 0.259 e. The number of rotatable bonds is 1.